The molecule has 6 heteroatoms. The van der Waals surface area contributed by atoms with Crippen LogP contribution in [0, 0.1) is 0 Å². The van der Waals surface area contributed by atoms with E-state index in [1.165, 1.54) is 0 Å². The van der Waals surface area contributed by atoms with Gasteiger partial charge in [0, 0.05) is 30.5 Å². The van der Waals surface area contributed by atoms with Crippen molar-refractivity contribution < 1.29 is 9.47 Å². The number of hydrogen-bond donors (Lipinski definition) is 1. The van der Waals surface area contributed by atoms with Crippen molar-refractivity contribution in [3.05, 3.63) is 77.3 Å². The van der Waals surface area contributed by atoms with Crippen molar-refractivity contribution in [2.24, 2.45) is 0 Å². The van der Waals surface area contributed by atoms with E-state index in [9.17, 15) is 0 Å². The number of halogens is 1. The molecule has 0 aliphatic carbocycles. The van der Waals surface area contributed by atoms with Gasteiger partial charge in [0.1, 0.15) is 6.61 Å². The number of nitrogens with zero attached hydrogens (tertiary/aromatic N) is 2. The molecule has 2 aromatic carbocycles. The van der Waals surface area contributed by atoms with Crippen LogP contribution in [0.3, 0.4) is 0 Å². The molecule has 0 saturated heterocycles. The number of imidazole rings is 1. The predicted octanol–water partition coefficient (Wildman–Crippen LogP) is 4.30. The maximum absolute atomic E-state index is 6.01. The lowest BCUT2D eigenvalue weighted by Crippen LogP contribution is -2.16. The molecule has 0 radical (unpaired) electrons. The molecule has 1 aromatic heterocycles. The largest absolute Gasteiger partial charge is 0.493 e. The maximum atomic E-state index is 6.01. The van der Waals surface area contributed by atoms with Gasteiger partial charge in [-0.2, -0.15) is 0 Å². The smallest absolute Gasteiger partial charge is 0.161 e. The third-order valence-corrected chi connectivity index (χ3v) is 4.40. The molecule has 0 aliphatic heterocycles. The average Bonchev–Trinajstić information content (AvgIpc) is 3.20. The summed E-state index contributed by atoms with van der Waals surface area (Å²) in [6, 6.07) is 13.7. The lowest BCUT2D eigenvalue weighted by atomic mass is 10.2. The second-order valence-corrected chi connectivity index (χ2v) is 6.67. The Balaban J connectivity index is 1.48. The van der Waals surface area contributed by atoms with Gasteiger partial charge in [-0.3, -0.25) is 0 Å². The van der Waals surface area contributed by atoms with E-state index >= 15 is 0 Å². The van der Waals surface area contributed by atoms with Crippen LogP contribution in [0.1, 0.15) is 17.5 Å². The highest BCUT2D eigenvalue weighted by atomic mass is 35.5. The number of ether oxygens (including phenoxy) is 2. The second-order valence-electron chi connectivity index (χ2n) is 6.23. The highest BCUT2D eigenvalue weighted by Crippen LogP contribution is 2.29. The van der Waals surface area contributed by atoms with Crippen LogP contribution in [0.2, 0.25) is 5.02 Å². The molecule has 0 aliphatic rings. The van der Waals surface area contributed by atoms with E-state index in [4.69, 9.17) is 21.1 Å². The summed E-state index contributed by atoms with van der Waals surface area (Å²) < 4.78 is 13.5. The summed E-state index contributed by atoms with van der Waals surface area (Å²) in [4.78, 5) is 4.04. The minimum absolute atomic E-state index is 0.447. The van der Waals surface area contributed by atoms with Crippen LogP contribution in [0.5, 0.6) is 11.5 Å². The molecule has 0 bridgehead atoms. The highest BCUT2D eigenvalue weighted by Gasteiger charge is 2.06. The van der Waals surface area contributed by atoms with Gasteiger partial charge >= 0.3 is 0 Å². The minimum Gasteiger partial charge on any atom is -0.493 e. The van der Waals surface area contributed by atoms with Crippen molar-refractivity contribution >= 4 is 11.6 Å². The normalized spacial score (nSPS) is 10.7. The van der Waals surface area contributed by atoms with Gasteiger partial charge in [0.2, 0.25) is 0 Å². The van der Waals surface area contributed by atoms with Crippen molar-refractivity contribution in [1.82, 2.24) is 14.9 Å². The summed E-state index contributed by atoms with van der Waals surface area (Å²) >= 11 is 6.01. The number of aromatic nitrogens is 2. The summed E-state index contributed by atoms with van der Waals surface area (Å²) in [5, 5.41) is 4.16. The van der Waals surface area contributed by atoms with E-state index in [0.717, 1.165) is 48.7 Å². The Hall–Kier alpha value is -2.50. The molecule has 1 N–H and O–H groups in total. The van der Waals surface area contributed by atoms with E-state index in [0.29, 0.717) is 11.6 Å². The molecule has 0 amide bonds. The predicted molar refractivity (Wildman–Crippen MR) is 107 cm³/mol. The first-order valence-corrected chi connectivity index (χ1v) is 9.33. The number of aryl methyl sites for hydroxylation is 1. The fraction of sp³-hybridized carbons (Fsp3) is 0.286. The van der Waals surface area contributed by atoms with Gasteiger partial charge in [0.15, 0.2) is 11.5 Å². The zero-order valence-corrected chi connectivity index (χ0v) is 16.2. The van der Waals surface area contributed by atoms with Crippen LogP contribution in [-0.2, 0) is 19.7 Å². The first-order valence-electron chi connectivity index (χ1n) is 8.95. The van der Waals surface area contributed by atoms with Gasteiger partial charge < -0.3 is 19.4 Å². The number of benzene rings is 2. The Kier molecular flexibility index (Phi) is 7.13. The van der Waals surface area contributed by atoms with E-state index in [1.54, 1.807) is 13.3 Å². The van der Waals surface area contributed by atoms with Crippen molar-refractivity contribution in [2.45, 2.75) is 26.1 Å². The third kappa shape index (κ3) is 6.01. The molecular weight excluding hydrogens is 362 g/mol. The van der Waals surface area contributed by atoms with E-state index in [-0.39, 0.29) is 0 Å². The molecule has 3 rings (SSSR count). The van der Waals surface area contributed by atoms with Crippen LogP contribution in [0.15, 0.2) is 61.2 Å². The standard InChI is InChI=1S/C21H24ClN3O2/c1-26-21-13-17(14-23-8-3-10-25-11-9-24-16-25)6-7-20(21)27-15-18-4-2-5-19(22)12-18/h2,4-7,9,11-13,16,23H,3,8,10,14-15H2,1H3. The summed E-state index contributed by atoms with van der Waals surface area (Å²) in [5.74, 6) is 1.45. The van der Waals surface area contributed by atoms with Gasteiger partial charge in [0.25, 0.3) is 0 Å². The van der Waals surface area contributed by atoms with Gasteiger partial charge in [-0.25, -0.2) is 4.98 Å². The molecule has 0 unspecified atom stereocenters. The van der Waals surface area contributed by atoms with Crippen molar-refractivity contribution in [1.29, 1.82) is 0 Å². The first kappa shape index (κ1) is 19.3. The van der Waals surface area contributed by atoms with Crippen LogP contribution >= 0.6 is 11.6 Å². The maximum Gasteiger partial charge on any atom is 0.161 e. The van der Waals surface area contributed by atoms with Crippen molar-refractivity contribution in [3.8, 4) is 11.5 Å². The van der Waals surface area contributed by atoms with E-state index in [1.807, 2.05) is 48.9 Å². The Morgan fingerprint density at radius 2 is 2.04 bits per heavy atom. The van der Waals surface area contributed by atoms with Gasteiger partial charge in [-0.05, 0) is 48.4 Å². The SMILES string of the molecule is COc1cc(CNCCCn2ccnc2)ccc1OCc1cccc(Cl)c1. The average molecular weight is 386 g/mol. The van der Waals surface area contributed by atoms with E-state index < -0.39 is 0 Å². The second kappa shape index (κ2) is 10.00. The molecule has 142 valence electrons. The number of rotatable bonds is 10. The molecule has 0 atom stereocenters. The monoisotopic (exact) mass is 385 g/mol. The minimum atomic E-state index is 0.447. The third-order valence-electron chi connectivity index (χ3n) is 4.17. The van der Waals surface area contributed by atoms with Crippen LogP contribution in [-0.4, -0.2) is 23.2 Å². The quantitative estimate of drug-likeness (QED) is 0.528. The zero-order valence-electron chi connectivity index (χ0n) is 15.4. The number of hydrogen-bond acceptors (Lipinski definition) is 4. The highest BCUT2D eigenvalue weighted by molar-refractivity contribution is 6.30. The van der Waals surface area contributed by atoms with Crippen LogP contribution < -0.4 is 14.8 Å². The van der Waals surface area contributed by atoms with Gasteiger partial charge in [-0.1, -0.05) is 29.8 Å². The van der Waals surface area contributed by atoms with E-state index in [2.05, 4.69) is 20.9 Å². The Labute approximate surface area is 164 Å². The molecule has 5 nitrogen and oxygen atoms in total. The topological polar surface area (TPSA) is 48.3 Å². The fourth-order valence-corrected chi connectivity index (χ4v) is 2.98. The Morgan fingerprint density at radius 1 is 1.11 bits per heavy atom. The molecule has 0 saturated carbocycles. The lowest BCUT2D eigenvalue weighted by molar-refractivity contribution is 0.284. The lowest BCUT2D eigenvalue weighted by Gasteiger charge is -2.13. The summed E-state index contributed by atoms with van der Waals surface area (Å²) in [6.45, 7) is 3.14. The first-order chi connectivity index (χ1) is 13.2. The fourth-order valence-electron chi connectivity index (χ4n) is 2.77. The molecule has 0 spiro atoms. The molecule has 27 heavy (non-hydrogen) atoms. The van der Waals surface area contributed by atoms with Crippen molar-refractivity contribution in [2.75, 3.05) is 13.7 Å². The summed E-state index contributed by atoms with van der Waals surface area (Å²) in [6.07, 6.45) is 6.67. The summed E-state index contributed by atoms with van der Waals surface area (Å²) in [7, 11) is 1.66. The molecule has 3 aromatic rings. The Morgan fingerprint density at radius 3 is 2.81 bits per heavy atom. The van der Waals surface area contributed by atoms with Crippen LogP contribution in [0.4, 0.5) is 0 Å². The molecule has 0 fully saturated rings. The number of nitrogens with one attached hydrogen (secondary N) is 1. The molecular formula is C21H24ClN3O2. The molecule has 1 heterocycles. The summed E-state index contributed by atoms with van der Waals surface area (Å²) in [5.41, 5.74) is 2.18. The Bertz CT molecular complexity index is 837. The van der Waals surface area contributed by atoms with Gasteiger partial charge in [-0.15, -0.1) is 0 Å². The van der Waals surface area contributed by atoms with Crippen molar-refractivity contribution in [3.63, 3.8) is 0 Å². The number of methoxy groups -OCH3 is 1. The zero-order chi connectivity index (χ0) is 18.9. The van der Waals surface area contributed by atoms with Gasteiger partial charge in [0.05, 0.1) is 13.4 Å². The van der Waals surface area contributed by atoms with Crippen LogP contribution in [0.25, 0.3) is 0 Å².